The van der Waals surface area contributed by atoms with Gasteiger partial charge in [0.05, 0.1) is 6.54 Å². The van der Waals surface area contributed by atoms with Gasteiger partial charge in [-0.15, -0.1) is 0 Å². The highest BCUT2D eigenvalue weighted by Gasteiger charge is 2.06. The molecule has 0 bridgehead atoms. The van der Waals surface area contributed by atoms with E-state index in [0.717, 1.165) is 25.2 Å². The Morgan fingerprint density at radius 2 is 2.17 bits per heavy atom. The van der Waals surface area contributed by atoms with Crippen LogP contribution in [-0.4, -0.2) is 26.0 Å². The Hall–Kier alpha value is -1.55. The number of hydrogen-bond donors (Lipinski definition) is 2. The van der Waals surface area contributed by atoms with Gasteiger partial charge in [0, 0.05) is 19.3 Å². The van der Waals surface area contributed by atoms with Gasteiger partial charge in [-0.1, -0.05) is 13.0 Å². The third-order valence-corrected chi connectivity index (χ3v) is 2.90. The molecule has 0 saturated heterocycles. The Kier molecular flexibility index (Phi) is 5.65. The van der Waals surface area contributed by atoms with E-state index in [9.17, 15) is 4.79 Å². The second kappa shape index (κ2) is 7.01. The summed E-state index contributed by atoms with van der Waals surface area (Å²) in [6, 6.07) is 6.22. The molecule has 100 valence electrons. The molecule has 0 aliphatic heterocycles. The van der Waals surface area contributed by atoms with E-state index in [-0.39, 0.29) is 12.5 Å². The molecular formula is C14H23N3O. The summed E-state index contributed by atoms with van der Waals surface area (Å²) < 4.78 is 0. The minimum Gasteiger partial charge on any atom is -0.368 e. The molecule has 4 nitrogen and oxygen atoms in total. The van der Waals surface area contributed by atoms with E-state index in [1.807, 2.05) is 18.0 Å². The third-order valence-electron chi connectivity index (χ3n) is 2.90. The first-order valence-corrected chi connectivity index (χ1v) is 6.34. The number of rotatable bonds is 7. The van der Waals surface area contributed by atoms with Crippen molar-refractivity contribution in [2.75, 3.05) is 25.0 Å². The van der Waals surface area contributed by atoms with Crippen molar-refractivity contribution in [3.8, 4) is 0 Å². The van der Waals surface area contributed by atoms with Gasteiger partial charge in [-0.05, 0) is 43.1 Å². The summed E-state index contributed by atoms with van der Waals surface area (Å²) in [5.74, 6) is -0.316. The van der Waals surface area contributed by atoms with Gasteiger partial charge in [0.25, 0.3) is 0 Å². The molecule has 0 aliphatic carbocycles. The third kappa shape index (κ3) is 4.37. The predicted molar refractivity (Wildman–Crippen MR) is 75.6 cm³/mol. The van der Waals surface area contributed by atoms with E-state index in [1.54, 1.807) is 0 Å². The summed E-state index contributed by atoms with van der Waals surface area (Å²) in [4.78, 5) is 12.7. The number of amides is 1. The van der Waals surface area contributed by atoms with Gasteiger partial charge in [0.15, 0.2) is 0 Å². The minimum atomic E-state index is -0.316. The van der Waals surface area contributed by atoms with Gasteiger partial charge in [0.1, 0.15) is 0 Å². The molecule has 0 aromatic heterocycles. The number of nitrogens with one attached hydrogen (secondary N) is 1. The van der Waals surface area contributed by atoms with Crippen LogP contribution in [0.25, 0.3) is 0 Å². The summed E-state index contributed by atoms with van der Waals surface area (Å²) in [5.41, 5.74) is 8.73. The van der Waals surface area contributed by atoms with E-state index in [4.69, 9.17) is 5.73 Å². The second-order valence-electron chi connectivity index (χ2n) is 4.61. The molecule has 1 amide bonds. The van der Waals surface area contributed by atoms with Gasteiger partial charge < -0.3 is 16.0 Å². The van der Waals surface area contributed by atoms with Crippen molar-refractivity contribution in [1.82, 2.24) is 5.32 Å². The summed E-state index contributed by atoms with van der Waals surface area (Å²) in [6.45, 7) is 6.40. The van der Waals surface area contributed by atoms with Gasteiger partial charge >= 0.3 is 0 Å². The van der Waals surface area contributed by atoms with Gasteiger partial charge in [-0.3, -0.25) is 4.79 Å². The molecule has 0 atom stereocenters. The number of carbonyl (C=O) groups excluding carboxylic acids is 1. The quantitative estimate of drug-likeness (QED) is 0.718. The lowest BCUT2D eigenvalue weighted by Crippen LogP contribution is -2.30. The van der Waals surface area contributed by atoms with Crippen LogP contribution in [0.4, 0.5) is 5.69 Å². The Morgan fingerprint density at radius 1 is 1.44 bits per heavy atom. The summed E-state index contributed by atoms with van der Waals surface area (Å²) in [5, 5.41) is 3.39. The van der Waals surface area contributed by atoms with Gasteiger partial charge in [0.2, 0.25) is 5.91 Å². The molecule has 3 N–H and O–H groups in total. The number of nitrogens with two attached hydrogens (primary N) is 1. The second-order valence-corrected chi connectivity index (χ2v) is 4.61. The highest BCUT2D eigenvalue weighted by Crippen LogP contribution is 2.18. The summed E-state index contributed by atoms with van der Waals surface area (Å²) in [7, 11) is 1.87. The van der Waals surface area contributed by atoms with E-state index >= 15 is 0 Å². The molecule has 1 rings (SSSR count). The van der Waals surface area contributed by atoms with Crippen LogP contribution in [0, 0.1) is 6.92 Å². The lowest BCUT2D eigenvalue weighted by Gasteiger charge is -2.19. The number of benzene rings is 1. The normalized spacial score (nSPS) is 10.4. The molecule has 0 aliphatic rings. The fourth-order valence-corrected chi connectivity index (χ4v) is 1.84. The van der Waals surface area contributed by atoms with E-state index in [1.165, 1.54) is 11.1 Å². The highest BCUT2D eigenvalue weighted by atomic mass is 16.1. The topological polar surface area (TPSA) is 58.4 Å². The minimum absolute atomic E-state index is 0.243. The molecule has 0 saturated carbocycles. The Bertz CT molecular complexity index is 404. The zero-order valence-corrected chi connectivity index (χ0v) is 11.5. The molecule has 1 aromatic carbocycles. The maximum atomic E-state index is 10.9. The van der Waals surface area contributed by atoms with Crippen LogP contribution in [0.1, 0.15) is 24.5 Å². The SMILES string of the molecule is CCCNCc1ccc(N(C)CC(N)=O)cc1C. The number of aryl methyl sites for hydroxylation is 1. The van der Waals surface area contributed by atoms with Crippen LogP contribution < -0.4 is 16.0 Å². The van der Waals surface area contributed by atoms with Crippen molar-refractivity contribution >= 4 is 11.6 Å². The molecule has 0 unspecified atom stereocenters. The van der Waals surface area contributed by atoms with Gasteiger partial charge in [-0.2, -0.15) is 0 Å². The van der Waals surface area contributed by atoms with Crippen LogP contribution in [0.5, 0.6) is 0 Å². The first kappa shape index (κ1) is 14.5. The molecule has 0 spiro atoms. The summed E-state index contributed by atoms with van der Waals surface area (Å²) in [6.07, 6.45) is 1.14. The number of anilines is 1. The van der Waals surface area contributed by atoms with Crippen molar-refractivity contribution in [1.29, 1.82) is 0 Å². The Morgan fingerprint density at radius 3 is 2.72 bits per heavy atom. The smallest absolute Gasteiger partial charge is 0.236 e. The van der Waals surface area contributed by atoms with Crippen molar-refractivity contribution < 1.29 is 4.79 Å². The molecule has 1 aromatic rings. The lowest BCUT2D eigenvalue weighted by atomic mass is 10.1. The summed E-state index contributed by atoms with van der Waals surface area (Å²) >= 11 is 0. The Labute approximate surface area is 109 Å². The lowest BCUT2D eigenvalue weighted by molar-refractivity contribution is -0.116. The maximum absolute atomic E-state index is 10.9. The first-order valence-electron chi connectivity index (χ1n) is 6.34. The zero-order chi connectivity index (χ0) is 13.5. The molecule has 18 heavy (non-hydrogen) atoms. The largest absolute Gasteiger partial charge is 0.368 e. The average Bonchev–Trinajstić information content (AvgIpc) is 2.30. The predicted octanol–water partition coefficient (Wildman–Crippen LogP) is 1.42. The fraction of sp³-hybridized carbons (Fsp3) is 0.500. The number of primary amides is 1. The first-order chi connectivity index (χ1) is 8.54. The van der Waals surface area contributed by atoms with Gasteiger partial charge in [-0.25, -0.2) is 0 Å². The van der Waals surface area contributed by atoms with Crippen LogP contribution in [-0.2, 0) is 11.3 Å². The maximum Gasteiger partial charge on any atom is 0.236 e. The van der Waals surface area contributed by atoms with Crippen molar-refractivity contribution in [3.05, 3.63) is 29.3 Å². The number of likely N-dealkylation sites (N-methyl/N-ethyl adjacent to an activating group) is 1. The Balaban J connectivity index is 2.69. The standard InChI is InChI=1S/C14H23N3O/c1-4-7-16-9-12-5-6-13(8-11(12)2)17(3)10-14(15)18/h5-6,8,16H,4,7,9-10H2,1-3H3,(H2,15,18). The monoisotopic (exact) mass is 249 g/mol. The van der Waals surface area contributed by atoms with Crippen LogP contribution in [0.3, 0.4) is 0 Å². The van der Waals surface area contributed by atoms with Crippen molar-refractivity contribution in [2.45, 2.75) is 26.8 Å². The van der Waals surface area contributed by atoms with E-state index < -0.39 is 0 Å². The van der Waals surface area contributed by atoms with Crippen LogP contribution >= 0.6 is 0 Å². The number of hydrogen-bond acceptors (Lipinski definition) is 3. The van der Waals surface area contributed by atoms with Crippen molar-refractivity contribution in [2.24, 2.45) is 5.73 Å². The van der Waals surface area contributed by atoms with E-state index in [2.05, 4.69) is 31.3 Å². The average molecular weight is 249 g/mol. The molecule has 4 heteroatoms. The van der Waals surface area contributed by atoms with Crippen molar-refractivity contribution in [3.63, 3.8) is 0 Å². The molecule has 0 fully saturated rings. The molecular weight excluding hydrogens is 226 g/mol. The number of nitrogens with zero attached hydrogens (tertiary/aromatic N) is 1. The van der Waals surface area contributed by atoms with Crippen LogP contribution in [0.2, 0.25) is 0 Å². The molecule has 0 heterocycles. The zero-order valence-electron chi connectivity index (χ0n) is 11.5. The molecule has 0 radical (unpaired) electrons. The van der Waals surface area contributed by atoms with E-state index in [0.29, 0.717) is 0 Å². The number of carbonyl (C=O) groups is 1. The van der Waals surface area contributed by atoms with Crippen LogP contribution in [0.15, 0.2) is 18.2 Å². The fourth-order valence-electron chi connectivity index (χ4n) is 1.84. The highest BCUT2D eigenvalue weighted by molar-refractivity contribution is 5.79.